The molecule has 2 N–H and O–H groups in total. The summed E-state index contributed by atoms with van der Waals surface area (Å²) in [7, 11) is 0. The molecule has 2 fully saturated rings. The molecule has 0 spiro atoms. The van der Waals surface area contributed by atoms with Gasteiger partial charge in [0.1, 0.15) is 24.1 Å². The van der Waals surface area contributed by atoms with Gasteiger partial charge >= 0.3 is 0 Å². The van der Waals surface area contributed by atoms with E-state index in [1.165, 1.54) is 23.1 Å². The minimum absolute atomic E-state index is 0.117. The summed E-state index contributed by atoms with van der Waals surface area (Å²) in [5.41, 5.74) is 8.70. The second-order valence-electron chi connectivity index (χ2n) is 14.9. The zero-order chi connectivity index (χ0) is 38.1. The van der Waals surface area contributed by atoms with E-state index in [2.05, 4.69) is 76.6 Å². The fourth-order valence-electron chi connectivity index (χ4n) is 8.18. The number of aromatic hydroxyl groups is 1. The largest absolute Gasteiger partial charge is 0.508 e. The van der Waals surface area contributed by atoms with E-state index in [4.69, 9.17) is 4.74 Å². The molecule has 7 rings (SSSR count). The predicted octanol–water partition coefficient (Wildman–Crippen LogP) is 6.93. The number of hydrogen-bond acceptors (Lipinski definition) is 7. The highest BCUT2D eigenvalue weighted by Crippen LogP contribution is 2.36. The number of carbonyl (C=O) groups excluding carboxylic acids is 3. The molecule has 286 valence electrons. The molecule has 0 bridgehead atoms. The van der Waals surface area contributed by atoms with Crippen molar-refractivity contribution in [2.75, 3.05) is 45.9 Å². The minimum atomic E-state index is -0.573. The average molecular weight is 741 g/mol. The van der Waals surface area contributed by atoms with Crippen LogP contribution in [0.1, 0.15) is 83.6 Å². The molecule has 2 saturated heterocycles. The summed E-state index contributed by atoms with van der Waals surface area (Å²) < 4.78 is 6.21. The van der Waals surface area contributed by atoms with Crippen molar-refractivity contribution in [1.82, 2.24) is 20.0 Å². The maximum atomic E-state index is 13.0. The van der Waals surface area contributed by atoms with Crippen LogP contribution in [0.2, 0.25) is 0 Å². The second kappa shape index (κ2) is 17.9. The number of unbranched alkanes of at least 4 members (excludes halogenated alkanes) is 2. The van der Waals surface area contributed by atoms with Crippen LogP contribution in [0.4, 0.5) is 0 Å². The molecular weight excluding hydrogens is 689 g/mol. The van der Waals surface area contributed by atoms with Gasteiger partial charge in [0.25, 0.3) is 5.91 Å². The van der Waals surface area contributed by atoms with Gasteiger partial charge in [0.2, 0.25) is 11.8 Å². The molecule has 3 amide bonds. The number of fused-ring (bicyclic) bond motifs is 1. The lowest BCUT2D eigenvalue weighted by Gasteiger charge is -2.34. The molecular formula is C46H52N4O5. The lowest BCUT2D eigenvalue weighted by atomic mass is 9.88. The van der Waals surface area contributed by atoms with E-state index in [0.717, 1.165) is 93.0 Å². The number of ether oxygens (including phenoxy) is 1. The Hall–Kier alpha value is -5.25. The summed E-state index contributed by atoms with van der Waals surface area (Å²) >= 11 is 0. The van der Waals surface area contributed by atoms with Gasteiger partial charge < -0.3 is 19.6 Å². The fourth-order valence-corrected chi connectivity index (χ4v) is 8.18. The highest BCUT2D eigenvalue weighted by Gasteiger charge is 2.39. The molecule has 9 nitrogen and oxygen atoms in total. The summed E-state index contributed by atoms with van der Waals surface area (Å²) in [5.74, 6) is 0.375. The Balaban J connectivity index is 0.815. The summed E-state index contributed by atoms with van der Waals surface area (Å²) in [6, 6.07) is 31.9. The minimum Gasteiger partial charge on any atom is -0.508 e. The monoisotopic (exact) mass is 740 g/mol. The molecule has 0 aliphatic carbocycles. The van der Waals surface area contributed by atoms with E-state index in [9.17, 15) is 19.5 Å². The van der Waals surface area contributed by atoms with Crippen LogP contribution in [0, 0.1) is 0 Å². The maximum absolute atomic E-state index is 13.0. The number of amides is 3. The topological polar surface area (TPSA) is 102 Å². The van der Waals surface area contributed by atoms with Crippen LogP contribution >= 0.6 is 0 Å². The van der Waals surface area contributed by atoms with Gasteiger partial charge in [-0.2, -0.15) is 0 Å². The lowest BCUT2D eigenvalue weighted by molar-refractivity contribution is -0.136. The number of phenols is 1. The number of piperidine rings is 1. The van der Waals surface area contributed by atoms with Crippen LogP contribution in [-0.4, -0.2) is 89.4 Å². The SMILES string of the molecule is CC/C(=C(\c1ccc(O)cc1)c1ccc(OCCN2CCN(CCCCCc3ccc4c(c3)CN(C3CCC(=O)NC3=O)C4=O)CC2)cc1)c1ccccc1. The molecule has 1 unspecified atom stereocenters. The van der Waals surface area contributed by atoms with Crippen molar-refractivity contribution in [2.45, 2.75) is 64.5 Å². The molecule has 0 saturated carbocycles. The highest BCUT2D eigenvalue weighted by molar-refractivity contribution is 6.05. The standard InChI is InChI=1S/C46H52N4O5/c1-2-40(34-10-6-3-7-11-34)44(35-13-17-38(51)18-14-35)36-15-19-39(20-16-36)55-30-29-49-27-25-48(26-28-49)24-8-4-5-9-33-12-21-41-37(31-33)32-50(46(41)54)42-22-23-43(52)47-45(42)53/h3,6-7,10-21,31,42,51H,2,4-5,8-9,22-30,32H2,1H3,(H,47,52,53)/b44-40-. The summed E-state index contributed by atoms with van der Waals surface area (Å²) in [4.78, 5) is 43.6. The molecule has 0 aromatic heterocycles. The van der Waals surface area contributed by atoms with Crippen molar-refractivity contribution < 1.29 is 24.2 Å². The van der Waals surface area contributed by atoms with Gasteiger partial charge in [-0.1, -0.05) is 80.1 Å². The van der Waals surface area contributed by atoms with Crippen molar-refractivity contribution in [3.63, 3.8) is 0 Å². The van der Waals surface area contributed by atoms with Gasteiger partial charge in [0, 0.05) is 51.3 Å². The van der Waals surface area contributed by atoms with Gasteiger partial charge in [-0.25, -0.2) is 0 Å². The van der Waals surface area contributed by atoms with E-state index in [0.29, 0.717) is 25.1 Å². The molecule has 4 aromatic rings. The zero-order valence-corrected chi connectivity index (χ0v) is 31.8. The van der Waals surface area contributed by atoms with Crippen LogP contribution in [0.3, 0.4) is 0 Å². The first-order valence-electron chi connectivity index (χ1n) is 19.9. The Morgan fingerprint density at radius 2 is 1.47 bits per heavy atom. The van der Waals surface area contributed by atoms with E-state index in [1.54, 1.807) is 17.0 Å². The number of benzene rings is 4. The van der Waals surface area contributed by atoms with Crippen LogP contribution in [0.15, 0.2) is 97.1 Å². The Morgan fingerprint density at radius 1 is 0.782 bits per heavy atom. The Morgan fingerprint density at radius 3 is 2.16 bits per heavy atom. The quantitative estimate of drug-likeness (QED) is 0.0775. The molecule has 3 heterocycles. The first-order chi connectivity index (χ1) is 26.9. The molecule has 1 atom stereocenters. The normalized spacial score (nSPS) is 18.2. The number of aryl methyl sites for hydroxylation is 1. The number of piperazine rings is 1. The Labute approximate surface area is 324 Å². The molecule has 55 heavy (non-hydrogen) atoms. The smallest absolute Gasteiger partial charge is 0.255 e. The molecule has 0 radical (unpaired) electrons. The zero-order valence-electron chi connectivity index (χ0n) is 31.8. The summed E-state index contributed by atoms with van der Waals surface area (Å²) in [6.45, 7) is 9.52. The summed E-state index contributed by atoms with van der Waals surface area (Å²) in [6.07, 6.45) is 5.93. The number of hydrogen-bond donors (Lipinski definition) is 2. The molecule has 3 aliphatic rings. The highest BCUT2D eigenvalue weighted by atomic mass is 16.5. The molecule has 3 aliphatic heterocycles. The van der Waals surface area contributed by atoms with Crippen molar-refractivity contribution in [2.24, 2.45) is 0 Å². The molecule has 9 heteroatoms. The number of imide groups is 1. The van der Waals surface area contributed by atoms with E-state index < -0.39 is 6.04 Å². The lowest BCUT2D eigenvalue weighted by Crippen LogP contribution is -2.52. The van der Waals surface area contributed by atoms with E-state index >= 15 is 0 Å². The van der Waals surface area contributed by atoms with E-state index in [-0.39, 0.29) is 29.9 Å². The van der Waals surface area contributed by atoms with Crippen LogP contribution in [0.5, 0.6) is 11.5 Å². The van der Waals surface area contributed by atoms with Crippen molar-refractivity contribution in [1.29, 1.82) is 0 Å². The van der Waals surface area contributed by atoms with Crippen LogP contribution < -0.4 is 10.1 Å². The second-order valence-corrected chi connectivity index (χ2v) is 14.9. The fraction of sp³-hybridized carbons (Fsp3) is 0.370. The van der Waals surface area contributed by atoms with Crippen molar-refractivity contribution >= 4 is 28.9 Å². The third-order valence-corrected chi connectivity index (χ3v) is 11.2. The Kier molecular flexibility index (Phi) is 12.4. The Bertz CT molecular complexity index is 1990. The number of nitrogens with one attached hydrogen (secondary N) is 1. The van der Waals surface area contributed by atoms with E-state index in [1.807, 2.05) is 30.3 Å². The van der Waals surface area contributed by atoms with Crippen molar-refractivity contribution in [3.8, 4) is 11.5 Å². The van der Waals surface area contributed by atoms with Gasteiger partial charge in [0.15, 0.2) is 0 Å². The number of phenolic OH excluding ortho intramolecular Hbond substituents is 1. The first-order valence-corrected chi connectivity index (χ1v) is 19.9. The van der Waals surface area contributed by atoms with Crippen LogP contribution in [0.25, 0.3) is 11.1 Å². The van der Waals surface area contributed by atoms with Gasteiger partial charge in [-0.3, -0.25) is 24.6 Å². The molecule has 4 aromatic carbocycles. The number of allylic oxidation sites excluding steroid dienone is 1. The van der Waals surface area contributed by atoms with Gasteiger partial charge in [0.05, 0.1) is 0 Å². The number of carbonyl (C=O) groups is 3. The van der Waals surface area contributed by atoms with Gasteiger partial charge in [-0.05, 0) is 108 Å². The summed E-state index contributed by atoms with van der Waals surface area (Å²) in [5, 5.41) is 12.3. The predicted molar refractivity (Wildman–Crippen MR) is 216 cm³/mol. The third-order valence-electron chi connectivity index (χ3n) is 11.2. The first kappa shape index (κ1) is 38.0. The van der Waals surface area contributed by atoms with Crippen LogP contribution in [-0.2, 0) is 22.6 Å². The third kappa shape index (κ3) is 9.35. The number of nitrogens with zero attached hydrogens (tertiary/aromatic N) is 3. The maximum Gasteiger partial charge on any atom is 0.255 e. The van der Waals surface area contributed by atoms with Gasteiger partial charge in [-0.15, -0.1) is 0 Å². The van der Waals surface area contributed by atoms with Crippen molar-refractivity contribution in [3.05, 3.63) is 130 Å². The number of rotatable bonds is 15. The average Bonchev–Trinajstić information content (AvgIpc) is 3.53.